The van der Waals surface area contributed by atoms with Crippen LogP contribution in [0.4, 0.5) is 0 Å². The number of nitrogens with zero attached hydrogens (tertiary/aromatic N) is 1. The Morgan fingerprint density at radius 3 is 2.50 bits per heavy atom. The maximum Gasteiger partial charge on any atom is 0.123 e. The minimum Gasteiger partial charge on any atom is -0.496 e. The van der Waals surface area contributed by atoms with E-state index >= 15 is 0 Å². The van der Waals surface area contributed by atoms with Gasteiger partial charge >= 0.3 is 0 Å². The average Bonchev–Trinajstić information content (AvgIpc) is 2.49. The Bertz CT molecular complexity index is 379. The Balaban J connectivity index is 2.64. The summed E-state index contributed by atoms with van der Waals surface area (Å²) in [5.74, 6) is 0.958. The maximum atomic E-state index is 5.50. The molecule has 0 aliphatic heterocycles. The minimum absolute atomic E-state index is 0.725. The molecule has 0 atom stereocenters. The molecule has 1 N–H and O–H groups in total. The van der Waals surface area contributed by atoms with Crippen molar-refractivity contribution in [1.82, 2.24) is 10.2 Å². The molecule has 0 aliphatic rings. The summed E-state index contributed by atoms with van der Waals surface area (Å²) in [6.07, 6.45) is 0. The monoisotopic (exact) mass is 280 g/mol. The van der Waals surface area contributed by atoms with Gasteiger partial charge in [-0.25, -0.2) is 0 Å². The largest absolute Gasteiger partial charge is 0.496 e. The van der Waals surface area contributed by atoms with Crippen LogP contribution in [0.1, 0.15) is 25.0 Å². The molecule has 0 bridgehead atoms. The molecule has 4 heteroatoms. The highest BCUT2D eigenvalue weighted by Gasteiger charge is 2.06. The smallest absolute Gasteiger partial charge is 0.123 e. The first-order valence-electron chi connectivity index (χ1n) is 7.32. The highest BCUT2D eigenvalue weighted by Crippen LogP contribution is 2.21. The molecule has 0 heterocycles. The van der Waals surface area contributed by atoms with Gasteiger partial charge in [0.15, 0.2) is 0 Å². The first-order valence-corrected chi connectivity index (χ1v) is 7.32. The lowest BCUT2D eigenvalue weighted by Gasteiger charge is -2.19. The molecule has 4 nitrogen and oxygen atoms in total. The fourth-order valence-corrected chi connectivity index (χ4v) is 2.14. The van der Waals surface area contributed by atoms with E-state index in [-0.39, 0.29) is 0 Å². The van der Waals surface area contributed by atoms with Gasteiger partial charge in [-0.2, -0.15) is 0 Å². The quantitative estimate of drug-likeness (QED) is 0.667. The Hall–Kier alpha value is -1.10. The molecule has 1 aromatic carbocycles. The van der Waals surface area contributed by atoms with Crippen LogP contribution < -0.4 is 10.1 Å². The van der Waals surface area contributed by atoms with Gasteiger partial charge in [0, 0.05) is 32.3 Å². The van der Waals surface area contributed by atoms with Gasteiger partial charge in [0.2, 0.25) is 0 Å². The molecular formula is C16H28N2O2. The summed E-state index contributed by atoms with van der Waals surface area (Å²) in [6, 6.07) is 6.48. The van der Waals surface area contributed by atoms with Crippen molar-refractivity contribution in [2.45, 2.75) is 26.9 Å². The minimum atomic E-state index is 0.725. The van der Waals surface area contributed by atoms with E-state index in [1.807, 2.05) is 0 Å². The van der Waals surface area contributed by atoms with Gasteiger partial charge in [-0.15, -0.1) is 0 Å². The molecule has 1 rings (SSSR count). The molecule has 0 aromatic heterocycles. The van der Waals surface area contributed by atoms with Crippen molar-refractivity contribution in [2.24, 2.45) is 0 Å². The Morgan fingerprint density at radius 2 is 1.90 bits per heavy atom. The third-order valence-corrected chi connectivity index (χ3v) is 3.45. The number of hydrogen-bond donors (Lipinski definition) is 1. The summed E-state index contributed by atoms with van der Waals surface area (Å²) in [7, 11) is 3.44. The van der Waals surface area contributed by atoms with Crippen molar-refractivity contribution in [2.75, 3.05) is 40.5 Å². The fourth-order valence-electron chi connectivity index (χ4n) is 2.14. The van der Waals surface area contributed by atoms with Crippen LogP contribution in [0.2, 0.25) is 0 Å². The highest BCUT2D eigenvalue weighted by molar-refractivity contribution is 5.37. The van der Waals surface area contributed by atoms with Gasteiger partial charge in [0.1, 0.15) is 5.75 Å². The normalized spacial score (nSPS) is 11.1. The third-order valence-electron chi connectivity index (χ3n) is 3.45. The molecule has 1 aromatic rings. The average molecular weight is 280 g/mol. The standard InChI is InChI=1S/C16H28N2O2/c1-5-18(6-2)13-14-7-8-15(16(11-14)20-4)12-17-9-10-19-3/h7-8,11,17H,5-6,9-10,12-13H2,1-4H3. The zero-order valence-electron chi connectivity index (χ0n) is 13.2. The molecule has 0 fully saturated rings. The number of hydrogen-bond acceptors (Lipinski definition) is 4. The van der Waals surface area contributed by atoms with Crippen molar-refractivity contribution in [3.05, 3.63) is 29.3 Å². The summed E-state index contributed by atoms with van der Waals surface area (Å²) in [4.78, 5) is 2.39. The second-order valence-corrected chi connectivity index (χ2v) is 4.78. The van der Waals surface area contributed by atoms with E-state index in [0.29, 0.717) is 0 Å². The van der Waals surface area contributed by atoms with Gasteiger partial charge < -0.3 is 14.8 Å². The predicted octanol–water partition coefficient (Wildman–Crippen LogP) is 2.27. The molecule has 0 saturated heterocycles. The lowest BCUT2D eigenvalue weighted by Crippen LogP contribution is -2.22. The Kier molecular flexibility index (Phi) is 8.26. The first kappa shape index (κ1) is 17.0. The van der Waals surface area contributed by atoms with Gasteiger partial charge in [-0.1, -0.05) is 26.0 Å². The molecule has 0 saturated carbocycles. The van der Waals surface area contributed by atoms with Crippen LogP contribution in [0, 0.1) is 0 Å². The molecule has 0 amide bonds. The summed E-state index contributed by atoms with van der Waals surface area (Å²) >= 11 is 0. The van der Waals surface area contributed by atoms with Crippen molar-refractivity contribution >= 4 is 0 Å². The topological polar surface area (TPSA) is 33.7 Å². The molecule has 114 valence electrons. The van der Waals surface area contributed by atoms with E-state index < -0.39 is 0 Å². The molecule has 0 spiro atoms. The molecule has 0 unspecified atom stereocenters. The fraction of sp³-hybridized carbons (Fsp3) is 0.625. The lowest BCUT2D eigenvalue weighted by atomic mass is 10.1. The maximum absolute atomic E-state index is 5.50. The van der Waals surface area contributed by atoms with Gasteiger partial charge in [-0.05, 0) is 24.7 Å². The highest BCUT2D eigenvalue weighted by atomic mass is 16.5. The van der Waals surface area contributed by atoms with E-state index in [0.717, 1.165) is 45.1 Å². The van der Waals surface area contributed by atoms with Crippen LogP contribution in [0.5, 0.6) is 5.75 Å². The van der Waals surface area contributed by atoms with E-state index in [2.05, 4.69) is 42.3 Å². The second-order valence-electron chi connectivity index (χ2n) is 4.78. The predicted molar refractivity (Wildman–Crippen MR) is 83.2 cm³/mol. The van der Waals surface area contributed by atoms with Crippen molar-refractivity contribution in [3.8, 4) is 5.75 Å². The van der Waals surface area contributed by atoms with E-state index in [1.165, 1.54) is 11.1 Å². The van der Waals surface area contributed by atoms with Crippen LogP contribution in [-0.2, 0) is 17.8 Å². The van der Waals surface area contributed by atoms with Crippen LogP contribution in [0.25, 0.3) is 0 Å². The number of ether oxygens (including phenoxy) is 2. The van der Waals surface area contributed by atoms with Gasteiger partial charge in [-0.3, -0.25) is 4.90 Å². The summed E-state index contributed by atoms with van der Waals surface area (Å²) in [6.45, 7) is 9.87. The van der Waals surface area contributed by atoms with Crippen molar-refractivity contribution in [3.63, 3.8) is 0 Å². The summed E-state index contributed by atoms with van der Waals surface area (Å²) in [5.41, 5.74) is 2.48. The number of nitrogens with one attached hydrogen (secondary N) is 1. The SMILES string of the molecule is CCN(CC)Cc1ccc(CNCCOC)c(OC)c1. The van der Waals surface area contributed by atoms with E-state index in [9.17, 15) is 0 Å². The van der Waals surface area contributed by atoms with Crippen LogP contribution >= 0.6 is 0 Å². The zero-order chi connectivity index (χ0) is 14.8. The number of rotatable bonds is 10. The third kappa shape index (κ3) is 5.49. The zero-order valence-corrected chi connectivity index (χ0v) is 13.2. The lowest BCUT2D eigenvalue weighted by molar-refractivity contribution is 0.199. The molecular weight excluding hydrogens is 252 g/mol. The summed E-state index contributed by atoms with van der Waals surface area (Å²) in [5, 5.41) is 3.34. The molecule has 0 aliphatic carbocycles. The van der Waals surface area contributed by atoms with Crippen LogP contribution in [-0.4, -0.2) is 45.4 Å². The summed E-state index contributed by atoms with van der Waals surface area (Å²) < 4.78 is 10.5. The van der Waals surface area contributed by atoms with Crippen LogP contribution in [0.15, 0.2) is 18.2 Å². The Morgan fingerprint density at radius 1 is 1.15 bits per heavy atom. The van der Waals surface area contributed by atoms with Crippen molar-refractivity contribution in [1.29, 1.82) is 0 Å². The second kappa shape index (κ2) is 9.75. The first-order chi connectivity index (χ1) is 9.74. The molecule has 0 radical (unpaired) electrons. The van der Waals surface area contributed by atoms with Gasteiger partial charge in [0.05, 0.1) is 13.7 Å². The van der Waals surface area contributed by atoms with Crippen LogP contribution in [0.3, 0.4) is 0 Å². The molecule has 20 heavy (non-hydrogen) atoms. The van der Waals surface area contributed by atoms with E-state index in [1.54, 1.807) is 14.2 Å². The van der Waals surface area contributed by atoms with Gasteiger partial charge in [0.25, 0.3) is 0 Å². The Labute approximate surface area is 123 Å². The van der Waals surface area contributed by atoms with Crippen molar-refractivity contribution < 1.29 is 9.47 Å². The number of methoxy groups -OCH3 is 2. The van der Waals surface area contributed by atoms with E-state index in [4.69, 9.17) is 9.47 Å². The number of benzene rings is 1.